The molecule has 3 N–H and O–H groups in total. The lowest BCUT2D eigenvalue weighted by Crippen LogP contribution is -2.45. The quantitative estimate of drug-likeness (QED) is 0.665. The van der Waals surface area contributed by atoms with Crippen molar-refractivity contribution in [3.05, 3.63) is 0 Å². The van der Waals surface area contributed by atoms with E-state index in [4.69, 9.17) is 5.73 Å². The van der Waals surface area contributed by atoms with Gasteiger partial charge < -0.3 is 20.6 Å². The first-order valence-corrected chi connectivity index (χ1v) is 7.26. The van der Waals surface area contributed by atoms with Gasteiger partial charge in [-0.25, -0.2) is 0 Å². The van der Waals surface area contributed by atoms with E-state index in [2.05, 4.69) is 23.9 Å². The van der Waals surface area contributed by atoms with Crippen LogP contribution in [0, 0.1) is 0 Å². The minimum absolute atomic E-state index is 0.361. The Labute approximate surface area is 112 Å². The minimum atomic E-state index is -0.673. The van der Waals surface area contributed by atoms with Crippen LogP contribution in [0.4, 0.5) is 0 Å². The van der Waals surface area contributed by atoms with Gasteiger partial charge in [-0.15, -0.1) is 0 Å². The highest BCUT2D eigenvalue weighted by Gasteiger charge is 2.21. The van der Waals surface area contributed by atoms with Gasteiger partial charge in [0, 0.05) is 19.1 Å². The van der Waals surface area contributed by atoms with Crippen molar-refractivity contribution in [2.45, 2.75) is 50.7 Å². The van der Waals surface area contributed by atoms with Crippen molar-refractivity contribution in [3.8, 4) is 0 Å². The van der Waals surface area contributed by atoms with Crippen LogP contribution in [0.3, 0.4) is 0 Å². The number of unbranched alkanes of at least 4 members (excludes halogenated alkanes) is 1. The summed E-state index contributed by atoms with van der Waals surface area (Å²) in [5, 5.41) is 9.83. The molecule has 108 valence electrons. The Kier molecular flexibility index (Phi) is 6.57. The molecular weight excluding hydrogens is 226 g/mol. The Bertz CT molecular complexity index is 231. The molecule has 0 aromatic heterocycles. The molecule has 1 saturated heterocycles. The van der Waals surface area contributed by atoms with Crippen molar-refractivity contribution in [3.63, 3.8) is 0 Å². The Morgan fingerprint density at radius 1 is 1.39 bits per heavy atom. The molecular formula is C14H31N3O. The Morgan fingerprint density at radius 3 is 2.72 bits per heavy atom. The van der Waals surface area contributed by atoms with Crippen molar-refractivity contribution < 1.29 is 5.11 Å². The standard InChI is InChI=1S/C14H31N3O/c1-14(18,12-15)8-4-5-9-17-10-6-7-13(11-17)16(2)3/h13,18H,4-12,15H2,1-3H3. The fourth-order valence-corrected chi connectivity index (χ4v) is 2.60. The van der Waals surface area contributed by atoms with Gasteiger partial charge in [-0.1, -0.05) is 0 Å². The van der Waals surface area contributed by atoms with Crippen molar-refractivity contribution in [1.82, 2.24) is 9.80 Å². The lowest BCUT2D eigenvalue weighted by atomic mass is 9.99. The smallest absolute Gasteiger partial charge is 0.0741 e. The zero-order valence-corrected chi connectivity index (χ0v) is 12.4. The third-order valence-corrected chi connectivity index (χ3v) is 4.09. The summed E-state index contributed by atoms with van der Waals surface area (Å²) in [6.45, 7) is 5.78. The van der Waals surface area contributed by atoms with Gasteiger partial charge in [0.2, 0.25) is 0 Å². The molecule has 2 unspecified atom stereocenters. The van der Waals surface area contributed by atoms with E-state index in [0.29, 0.717) is 12.6 Å². The monoisotopic (exact) mass is 257 g/mol. The number of hydrogen-bond acceptors (Lipinski definition) is 4. The zero-order valence-electron chi connectivity index (χ0n) is 12.4. The molecule has 0 amide bonds. The van der Waals surface area contributed by atoms with Gasteiger partial charge in [0.25, 0.3) is 0 Å². The van der Waals surface area contributed by atoms with E-state index in [0.717, 1.165) is 25.8 Å². The predicted molar refractivity (Wildman–Crippen MR) is 76.7 cm³/mol. The van der Waals surface area contributed by atoms with E-state index in [1.165, 1.54) is 25.9 Å². The Hall–Kier alpha value is -0.160. The van der Waals surface area contributed by atoms with Gasteiger partial charge in [-0.3, -0.25) is 0 Å². The number of piperidine rings is 1. The molecule has 0 spiro atoms. The molecule has 0 saturated carbocycles. The average molecular weight is 257 g/mol. The fourth-order valence-electron chi connectivity index (χ4n) is 2.60. The molecule has 4 nitrogen and oxygen atoms in total. The predicted octanol–water partition coefficient (Wildman–Crippen LogP) is 0.892. The number of likely N-dealkylation sites (tertiary alicyclic amines) is 1. The molecule has 2 atom stereocenters. The average Bonchev–Trinajstić information content (AvgIpc) is 2.35. The van der Waals surface area contributed by atoms with Gasteiger partial charge >= 0.3 is 0 Å². The van der Waals surface area contributed by atoms with Crippen molar-refractivity contribution in [2.75, 3.05) is 40.3 Å². The van der Waals surface area contributed by atoms with Crippen molar-refractivity contribution in [1.29, 1.82) is 0 Å². The van der Waals surface area contributed by atoms with E-state index in [-0.39, 0.29) is 0 Å². The number of hydrogen-bond donors (Lipinski definition) is 2. The van der Waals surface area contributed by atoms with E-state index in [1.54, 1.807) is 0 Å². The lowest BCUT2D eigenvalue weighted by molar-refractivity contribution is 0.0553. The zero-order chi connectivity index (χ0) is 13.6. The van der Waals surface area contributed by atoms with Gasteiger partial charge in [0.15, 0.2) is 0 Å². The van der Waals surface area contributed by atoms with Crippen LogP contribution < -0.4 is 5.73 Å². The molecule has 1 aliphatic heterocycles. The highest BCUT2D eigenvalue weighted by Crippen LogP contribution is 2.16. The lowest BCUT2D eigenvalue weighted by Gasteiger charge is -2.36. The van der Waals surface area contributed by atoms with E-state index in [1.807, 2.05) is 6.92 Å². The SMILES string of the molecule is CN(C)C1CCCN(CCCCC(C)(O)CN)C1. The summed E-state index contributed by atoms with van der Waals surface area (Å²) in [7, 11) is 4.35. The van der Waals surface area contributed by atoms with Crippen LogP contribution in [-0.4, -0.2) is 66.8 Å². The van der Waals surface area contributed by atoms with Gasteiger partial charge in [0.1, 0.15) is 0 Å². The van der Waals surface area contributed by atoms with Crippen LogP contribution >= 0.6 is 0 Å². The van der Waals surface area contributed by atoms with E-state index >= 15 is 0 Å². The topological polar surface area (TPSA) is 52.7 Å². The highest BCUT2D eigenvalue weighted by atomic mass is 16.3. The molecule has 1 rings (SSSR count). The third-order valence-electron chi connectivity index (χ3n) is 4.09. The molecule has 4 heteroatoms. The third kappa shape index (κ3) is 5.65. The largest absolute Gasteiger partial charge is 0.389 e. The second-order valence-electron chi connectivity index (χ2n) is 6.22. The molecule has 1 fully saturated rings. The number of nitrogens with zero attached hydrogens (tertiary/aromatic N) is 2. The first-order valence-electron chi connectivity index (χ1n) is 7.26. The maximum absolute atomic E-state index is 9.83. The van der Waals surface area contributed by atoms with Crippen LogP contribution in [0.5, 0.6) is 0 Å². The number of nitrogens with two attached hydrogens (primary N) is 1. The molecule has 0 aromatic carbocycles. The number of aliphatic hydroxyl groups is 1. The maximum atomic E-state index is 9.83. The normalized spacial score (nSPS) is 25.3. The van der Waals surface area contributed by atoms with Crippen LogP contribution in [-0.2, 0) is 0 Å². The summed E-state index contributed by atoms with van der Waals surface area (Å²) in [4.78, 5) is 4.90. The van der Waals surface area contributed by atoms with Gasteiger partial charge in [0.05, 0.1) is 5.60 Å². The molecule has 0 radical (unpaired) electrons. The maximum Gasteiger partial charge on any atom is 0.0741 e. The van der Waals surface area contributed by atoms with Crippen LogP contribution in [0.2, 0.25) is 0 Å². The summed E-state index contributed by atoms with van der Waals surface area (Å²) in [6, 6.07) is 0.714. The molecule has 1 aliphatic rings. The van der Waals surface area contributed by atoms with Crippen LogP contribution in [0.1, 0.15) is 39.0 Å². The molecule has 0 aromatic rings. The minimum Gasteiger partial charge on any atom is -0.389 e. The van der Waals surface area contributed by atoms with Gasteiger partial charge in [-0.2, -0.15) is 0 Å². The molecule has 1 heterocycles. The molecule has 0 bridgehead atoms. The summed E-state index contributed by atoms with van der Waals surface area (Å²) < 4.78 is 0. The summed E-state index contributed by atoms with van der Waals surface area (Å²) in [5.74, 6) is 0. The first-order chi connectivity index (χ1) is 8.44. The number of likely N-dealkylation sites (N-methyl/N-ethyl adjacent to an activating group) is 1. The van der Waals surface area contributed by atoms with Crippen LogP contribution in [0.15, 0.2) is 0 Å². The van der Waals surface area contributed by atoms with E-state index in [9.17, 15) is 5.11 Å². The Balaban J connectivity index is 2.15. The number of rotatable bonds is 7. The van der Waals surface area contributed by atoms with E-state index < -0.39 is 5.60 Å². The summed E-state index contributed by atoms with van der Waals surface area (Å²) >= 11 is 0. The van der Waals surface area contributed by atoms with Crippen molar-refractivity contribution >= 4 is 0 Å². The second kappa shape index (κ2) is 7.43. The molecule has 18 heavy (non-hydrogen) atoms. The fraction of sp³-hybridized carbons (Fsp3) is 1.00. The second-order valence-corrected chi connectivity index (χ2v) is 6.22. The Morgan fingerprint density at radius 2 is 2.11 bits per heavy atom. The highest BCUT2D eigenvalue weighted by molar-refractivity contribution is 4.78. The molecule has 0 aliphatic carbocycles. The van der Waals surface area contributed by atoms with Crippen LogP contribution in [0.25, 0.3) is 0 Å². The summed E-state index contributed by atoms with van der Waals surface area (Å²) in [5.41, 5.74) is 4.84. The first kappa shape index (κ1) is 15.9. The van der Waals surface area contributed by atoms with Crippen molar-refractivity contribution in [2.24, 2.45) is 5.73 Å². The van der Waals surface area contributed by atoms with Gasteiger partial charge in [-0.05, 0) is 66.2 Å². The summed E-state index contributed by atoms with van der Waals surface area (Å²) in [6.07, 6.45) is 5.67.